The molecular formula is C10H15Cl2N3O3S2. The molecule has 10 heteroatoms. The lowest BCUT2D eigenvalue weighted by atomic mass is 10.3. The molecule has 0 spiro atoms. The van der Waals surface area contributed by atoms with Crippen LogP contribution in [0.2, 0.25) is 8.67 Å². The van der Waals surface area contributed by atoms with E-state index in [0.717, 1.165) is 11.3 Å². The molecule has 6 nitrogen and oxygen atoms in total. The van der Waals surface area contributed by atoms with E-state index in [9.17, 15) is 8.42 Å². The van der Waals surface area contributed by atoms with Crippen LogP contribution < -0.4 is 5.73 Å². The molecule has 20 heavy (non-hydrogen) atoms. The first-order valence-electron chi connectivity index (χ1n) is 5.63. The van der Waals surface area contributed by atoms with Crippen molar-refractivity contribution in [3.05, 3.63) is 14.7 Å². The Morgan fingerprint density at radius 3 is 2.55 bits per heavy atom. The quantitative estimate of drug-likeness (QED) is 0.353. The van der Waals surface area contributed by atoms with E-state index in [0.29, 0.717) is 4.34 Å². The molecule has 0 aliphatic rings. The van der Waals surface area contributed by atoms with Crippen LogP contribution in [0.4, 0.5) is 0 Å². The van der Waals surface area contributed by atoms with E-state index in [2.05, 4.69) is 5.16 Å². The number of hydrogen-bond acceptors (Lipinski definition) is 5. The van der Waals surface area contributed by atoms with Gasteiger partial charge in [0.05, 0.1) is 4.34 Å². The molecule has 0 radical (unpaired) electrons. The van der Waals surface area contributed by atoms with Crippen molar-refractivity contribution in [2.45, 2.75) is 31.2 Å². The fourth-order valence-electron chi connectivity index (χ4n) is 1.56. The minimum Gasteiger partial charge on any atom is -0.409 e. The molecule has 1 aromatic heterocycles. The summed E-state index contributed by atoms with van der Waals surface area (Å²) in [7, 11) is -3.78. The summed E-state index contributed by atoms with van der Waals surface area (Å²) in [6.07, 6.45) is 0.114. The molecule has 1 rings (SSSR count). The standard InChI is InChI=1S/C10H15Cl2N3O3S2/c1-6(2)15(4-3-9(13)14-16)20(17,18)7-5-8(11)19-10(7)12/h5-6,16H,3-4H2,1-2H3,(H2,13,14). The topological polar surface area (TPSA) is 96.0 Å². The van der Waals surface area contributed by atoms with Gasteiger partial charge in [-0.05, 0) is 19.9 Å². The molecule has 0 aliphatic heterocycles. The number of amidine groups is 1. The van der Waals surface area contributed by atoms with Crippen LogP contribution in [-0.2, 0) is 10.0 Å². The highest BCUT2D eigenvalue weighted by Crippen LogP contribution is 2.36. The van der Waals surface area contributed by atoms with Gasteiger partial charge in [-0.3, -0.25) is 0 Å². The Morgan fingerprint density at radius 1 is 1.55 bits per heavy atom. The van der Waals surface area contributed by atoms with Gasteiger partial charge >= 0.3 is 0 Å². The van der Waals surface area contributed by atoms with Crippen molar-refractivity contribution in [1.82, 2.24) is 4.31 Å². The molecule has 0 bridgehead atoms. The Bertz CT molecular complexity index is 599. The summed E-state index contributed by atoms with van der Waals surface area (Å²) in [5.74, 6) is -0.0414. The van der Waals surface area contributed by atoms with Gasteiger partial charge in [-0.15, -0.1) is 11.3 Å². The minimum absolute atomic E-state index is 0.0256. The first kappa shape index (κ1) is 17.5. The van der Waals surface area contributed by atoms with Crippen molar-refractivity contribution in [2.75, 3.05) is 6.54 Å². The Balaban J connectivity index is 3.10. The molecule has 0 aliphatic carbocycles. The maximum absolute atomic E-state index is 12.6. The van der Waals surface area contributed by atoms with Gasteiger partial charge in [0.25, 0.3) is 0 Å². The summed E-state index contributed by atoms with van der Waals surface area (Å²) in [5, 5.41) is 11.3. The summed E-state index contributed by atoms with van der Waals surface area (Å²) in [4.78, 5) is -0.0256. The zero-order chi connectivity index (χ0) is 15.5. The number of nitrogens with two attached hydrogens (primary N) is 1. The van der Waals surface area contributed by atoms with Gasteiger partial charge in [0.15, 0.2) is 0 Å². The van der Waals surface area contributed by atoms with Crippen LogP contribution >= 0.6 is 34.5 Å². The molecule has 0 amide bonds. The molecule has 0 saturated carbocycles. The zero-order valence-electron chi connectivity index (χ0n) is 10.9. The molecule has 0 fully saturated rings. The van der Waals surface area contributed by atoms with E-state index >= 15 is 0 Å². The maximum atomic E-state index is 12.6. The Kier molecular flexibility index (Phi) is 6.08. The Morgan fingerprint density at radius 2 is 2.15 bits per heavy atom. The third-order valence-electron chi connectivity index (χ3n) is 2.50. The lowest BCUT2D eigenvalue weighted by Gasteiger charge is -2.25. The summed E-state index contributed by atoms with van der Waals surface area (Å²) < 4.78 is 26.8. The second-order valence-electron chi connectivity index (χ2n) is 4.24. The van der Waals surface area contributed by atoms with E-state index in [1.807, 2.05) is 0 Å². The molecular weight excluding hydrogens is 345 g/mol. The van der Waals surface area contributed by atoms with Crippen LogP contribution in [0, 0.1) is 0 Å². The average Bonchev–Trinajstić information content (AvgIpc) is 2.68. The number of hydrogen-bond donors (Lipinski definition) is 2. The first-order chi connectivity index (χ1) is 9.20. The summed E-state index contributed by atoms with van der Waals surface area (Å²) in [6, 6.07) is 1.02. The Labute approximate surface area is 131 Å². The summed E-state index contributed by atoms with van der Waals surface area (Å²) in [6.45, 7) is 3.54. The summed E-state index contributed by atoms with van der Waals surface area (Å²) >= 11 is 12.7. The third-order valence-corrected chi connectivity index (χ3v) is 6.33. The van der Waals surface area contributed by atoms with Gasteiger partial charge in [-0.1, -0.05) is 28.4 Å². The van der Waals surface area contributed by atoms with Gasteiger partial charge in [-0.2, -0.15) is 4.31 Å². The smallest absolute Gasteiger partial charge is 0.245 e. The monoisotopic (exact) mass is 359 g/mol. The highest BCUT2D eigenvalue weighted by Gasteiger charge is 2.30. The lowest BCUT2D eigenvalue weighted by molar-refractivity contribution is 0.313. The van der Waals surface area contributed by atoms with Crippen LogP contribution in [0.5, 0.6) is 0 Å². The predicted octanol–water partition coefficient (Wildman–Crippen LogP) is 2.59. The number of rotatable bonds is 6. The molecule has 1 aromatic rings. The largest absolute Gasteiger partial charge is 0.409 e. The van der Waals surface area contributed by atoms with Gasteiger partial charge in [0.2, 0.25) is 10.0 Å². The predicted molar refractivity (Wildman–Crippen MR) is 81.4 cm³/mol. The van der Waals surface area contributed by atoms with Gasteiger partial charge < -0.3 is 10.9 Å². The molecule has 0 aromatic carbocycles. The van der Waals surface area contributed by atoms with E-state index in [4.69, 9.17) is 34.1 Å². The SMILES string of the molecule is CC(C)N(CCC(N)=NO)S(=O)(=O)c1cc(Cl)sc1Cl. The van der Waals surface area contributed by atoms with Gasteiger partial charge in [0.1, 0.15) is 15.1 Å². The molecule has 0 atom stereocenters. The second-order valence-corrected chi connectivity index (χ2v) is 8.38. The van der Waals surface area contributed by atoms with E-state index in [1.54, 1.807) is 13.8 Å². The van der Waals surface area contributed by atoms with Crippen LogP contribution in [0.1, 0.15) is 20.3 Å². The molecule has 1 heterocycles. The van der Waals surface area contributed by atoms with Crippen molar-refractivity contribution < 1.29 is 13.6 Å². The molecule has 0 saturated heterocycles. The zero-order valence-corrected chi connectivity index (χ0v) is 14.0. The lowest BCUT2D eigenvalue weighted by Crippen LogP contribution is -2.39. The number of nitrogens with zero attached hydrogens (tertiary/aromatic N) is 2. The number of thiophene rings is 1. The Hall–Kier alpha value is -0.540. The van der Waals surface area contributed by atoms with Crippen LogP contribution in [-0.4, -0.2) is 36.4 Å². The number of oxime groups is 1. The van der Waals surface area contributed by atoms with Crippen molar-refractivity contribution in [3.8, 4) is 0 Å². The minimum atomic E-state index is -3.78. The van der Waals surface area contributed by atoms with Crippen LogP contribution in [0.15, 0.2) is 16.1 Å². The number of sulfonamides is 1. The van der Waals surface area contributed by atoms with Gasteiger partial charge in [-0.25, -0.2) is 8.42 Å². The van der Waals surface area contributed by atoms with Gasteiger partial charge in [0, 0.05) is 19.0 Å². The van der Waals surface area contributed by atoms with Crippen molar-refractivity contribution in [1.29, 1.82) is 0 Å². The third kappa shape index (κ3) is 3.98. The van der Waals surface area contributed by atoms with E-state index in [-0.39, 0.29) is 34.1 Å². The molecule has 114 valence electrons. The maximum Gasteiger partial charge on any atom is 0.245 e. The second kappa shape index (κ2) is 6.95. The summed E-state index contributed by atoms with van der Waals surface area (Å²) in [5.41, 5.74) is 5.37. The number of halogens is 2. The highest BCUT2D eigenvalue weighted by molar-refractivity contribution is 7.89. The molecule has 0 unspecified atom stereocenters. The van der Waals surface area contributed by atoms with Crippen molar-refractivity contribution in [2.24, 2.45) is 10.9 Å². The van der Waals surface area contributed by atoms with Crippen molar-refractivity contribution in [3.63, 3.8) is 0 Å². The normalized spacial score (nSPS) is 13.4. The average molecular weight is 360 g/mol. The molecule has 3 N–H and O–H groups in total. The fourth-order valence-corrected chi connectivity index (χ4v) is 5.31. The van der Waals surface area contributed by atoms with E-state index < -0.39 is 10.0 Å². The van der Waals surface area contributed by atoms with Crippen LogP contribution in [0.3, 0.4) is 0 Å². The fraction of sp³-hybridized carbons (Fsp3) is 0.500. The van der Waals surface area contributed by atoms with Crippen molar-refractivity contribution >= 4 is 50.4 Å². The van der Waals surface area contributed by atoms with E-state index in [1.165, 1.54) is 10.4 Å². The van der Waals surface area contributed by atoms with Crippen LogP contribution in [0.25, 0.3) is 0 Å². The first-order valence-corrected chi connectivity index (χ1v) is 8.64. The highest BCUT2D eigenvalue weighted by atomic mass is 35.5.